The molecule has 160 valence electrons. The summed E-state index contributed by atoms with van der Waals surface area (Å²) in [6.07, 6.45) is 10.3. The molecular weight excluding hydrogens is 370 g/mol. The lowest BCUT2D eigenvalue weighted by Gasteiger charge is -2.46. The largest absolute Gasteiger partial charge is 0.307 e. The van der Waals surface area contributed by atoms with Gasteiger partial charge in [-0.3, -0.25) is 4.68 Å². The number of piperidine rings is 1. The summed E-state index contributed by atoms with van der Waals surface area (Å²) in [4.78, 5) is 0. The highest BCUT2D eigenvalue weighted by Gasteiger charge is 2.37. The summed E-state index contributed by atoms with van der Waals surface area (Å²) in [7, 11) is 1.91. The van der Waals surface area contributed by atoms with E-state index < -0.39 is 0 Å². The first-order valence-corrected chi connectivity index (χ1v) is 10.7. The van der Waals surface area contributed by atoms with E-state index in [4.69, 9.17) is 10.8 Å². The number of hydrogen-bond acceptors (Lipinski definition) is 4. The molecule has 2 heterocycles. The summed E-state index contributed by atoms with van der Waals surface area (Å²) in [5, 5.41) is 24.8. The lowest BCUT2D eigenvalue weighted by atomic mass is 9.74. The number of benzene rings is 1. The standard InChI is InChI=1S/C25H35N5/c1-17-11-19(20-15-28-30(6)16-20)7-9-22(17)23(27)10-8-21(26)12-18-13-24(2,3)29-25(4,5)14-18/h7-11,15-16,18,26-27,29H,12-14H2,1-6H3/b10-8-,26-21?,27-23?. The van der Waals surface area contributed by atoms with Crippen LogP contribution >= 0.6 is 0 Å². The number of rotatable bonds is 6. The van der Waals surface area contributed by atoms with Crippen LogP contribution in [0.3, 0.4) is 0 Å². The van der Waals surface area contributed by atoms with Gasteiger partial charge < -0.3 is 16.1 Å². The molecule has 1 aliphatic rings. The van der Waals surface area contributed by atoms with Gasteiger partial charge in [0.25, 0.3) is 0 Å². The average Bonchev–Trinajstić information content (AvgIpc) is 3.03. The van der Waals surface area contributed by atoms with Crippen LogP contribution in [0, 0.1) is 23.7 Å². The van der Waals surface area contributed by atoms with Crippen LogP contribution in [-0.4, -0.2) is 32.3 Å². The maximum absolute atomic E-state index is 8.48. The number of nitrogens with zero attached hydrogens (tertiary/aromatic N) is 2. The topological polar surface area (TPSA) is 77.6 Å². The van der Waals surface area contributed by atoms with Crippen LogP contribution in [0.4, 0.5) is 0 Å². The van der Waals surface area contributed by atoms with Crippen molar-refractivity contribution in [2.45, 2.75) is 65.0 Å². The molecule has 0 radical (unpaired) electrons. The van der Waals surface area contributed by atoms with E-state index in [0.717, 1.165) is 41.5 Å². The minimum Gasteiger partial charge on any atom is -0.307 e. The van der Waals surface area contributed by atoms with E-state index in [2.05, 4.69) is 44.2 Å². The lowest BCUT2D eigenvalue weighted by molar-refractivity contribution is 0.132. The van der Waals surface area contributed by atoms with Gasteiger partial charge in [0, 0.05) is 41.2 Å². The van der Waals surface area contributed by atoms with Crippen molar-refractivity contribution in [2.24, 2.45) is 13.0 Å². The molecule has 5 nitrogen and oxygen atoms in total. The summed E-state index contributed by atoms with van der Waals surface area (Å²) in [6, 6.07) is 6.12. The van der Waals surface area contributed by atoms with Crippen molar-refractivity contribution in [3.8, 4) is 11.1 Å². The second kappa shape index (κ2) is 8.31. The van der Waals surface area contributed by atoms with Crippen LogP contribution in [0.5, 0.6) is 0 Å². The van der Waals surface area contributed by atoms with Crippen molar-refractivity contribution in [1.82, 2.24) is 15.1 Å². The van der Waals surface area contributed by atoms with E-state index in [1.54, 1.807) is 16.8 Å². The average molecular weight is 406 g/mol. The van der Waals surface area contributed by atoms with E-state index >= 15 is 0 Å². The van der Waals surface area contributed by atoms with E-state index in [0.29, 0.717) is 17.3 Å². The van der Waals surface area contributed by atoms with Crippen molar-refractivity contribution in [1.29, 1.82) is 10.8 Å². The Morgan fingerprint density at radius 3 is 2.37 bits per heavy atom. The fourth-order valence-electron chi connectivity index (χ4n) is 5.05. The number of aryl methyl sites for hydroxylation is 2. The van der Waals surface area contributed by atoms with E-state index in [-0.39, 0.29) is 11.1 Å². The molecule has 0 bridgehead atoms. The zero-order valence-electron chi connectivity index (χ0n) is 19.1. The SMILES string of the molecule is Cc1cc(-c2cnn(C)c2)ccc1C(=N)/C=C\C(=N)CC1CC(C)(C)NC(C)(C)C1. The minimum absolute atomic E-state index is 0.0935. The summed E-state index contributed by atoms with van der Waals surface area (Å²) >= 11 is 0. The molecule has 30 heavy (non-hydrogen) atoms. The van der Waals surface area contributed by atoms with Gasteiger partial charge in [-0.25, -0.2) is 0 Å². The molecule has 0 spiro atoms. The van der Waals surface area contributed by atoms with Gasteiger partial charge in [-0.2, -0.15) is 5.10 Å². The van der Waals surface area contributed by atoms with Crippen LogP contribution in [0.25, 0.3) is 11.1 Å². The highest BCUT2D eigenvalue weighted by atomic mass is 15.2. The fourth-order valence-corrected chi connectivity index (χ4v) is 5.05. The Labute approximate surface area is 180 Å². The molecule has 1 aromatic carbocycles. The van der Waals surface area contributed by atoms with Gasteiger partial charge in [0.15, 0.2) is 0 Å². The maximum atomic E-state index is 8.48. The Balaban J connectivity index is 1.64. The van der Waals surface area contributed by atoms with Crippen molar-refractivity contribution < 1.29 is 0 Å². The predicted molar refractivity (Wildman–Crippen MR) is 126 cm³/mol. The van der Waals surface area contributed by atoms with Crippen LogP contribution < -0.4 is 5.32 Å². The van der Waals surface area contributed by atoms with Gasteiger partial charge in [-0.1, -0.05) is 18.2 Å². The molecule has 0 unspecified atom stereocenters. The third-order valence-corrected chi connectivity index (χ3v) is 5.79. The Hall–Kier alpha value is -2.53. The van der Waals surface area contributed by atoms with Crippen molar-refractivity contribution >= 4 is 11.4 Å². The zero-order chi connectivity index (χ0) is 22.1. The predicted octanol–water partition coefficient (Wildman–Crippen LogP) is 5.29. The van der Waals surface area contributed by atoms with Gasteiger partial charge in [-0.15, -0.1) is 0 Å². The molecule has 0 amide bonds. The first-order valence-electron chi connectivity index (χ1n) is 10.7. The van der Waals surface area contributed by atoms with Crippen molar-refractivity contribution in [3.63, 3.8) is 0 Å². The lowest BCUT2D eigenvalue weighted by Crippen LogP contribution is -2.57. The van der Waals surface area contributed by atoms with E-state index in [1.165, 1.54) is 0 Å². The molecule has 1 fully saturated rings. The highest BCUT2D eigenvalue weighted by molar-refractivity contribution is 6.10. The molecule has 3 N–H and O–H groups in total. The first-order chi connectivity index (χ1) is 13.9. The Bertz CT molecular complexity index is 961. The maximum Gasteiger partial charge on any atom is 0.0615 e. The summed E-state index contributed by atoms with van der Waals surface area (Å²) in [5.41, 5.74) is 5.36. The molecule has 1 saturated heterocycles. The van der Waals surface area contributed by atoms with Gasteiger partial charge in [0.2, 0.25) is 0 Å². The second-order valence-electron chi connectivity index (χ2n) is 10.1. The summed E-state index contributed by atoms with van der Waals surface area (Å²) < 4.78 is 1.79. The number of nitrogens with one attached hydrogen (secondary N) is 3. The Morgan fingerprint density at radius 1 is 1.13 bits per heavy atom. The van der Waals surface area contributed by atoms with Crippen LogP contribution in [0.15, 0.2) is 42.7 Å². The zero-order valence-corrected chi connectivity index (χ0v) is 19.1. The molecular formula is C25H35N5. The molecule has 1 aliphatic heterocycles. The highest BCUT2D eigenvalue weighted by Crippen LogP contribution is 2.34. The molecule has 0 aliphatic carbocycles. The van der Waals surface area contributed by atoms with Crippen LogP contribution in [-0.2, 0) is 7.05 Å². The quantitative estimate of drug-likeness (QED) is 0.571. The molecule has 5 heteroatoms. The van der Waals surface area contributed by atoms with E-state index in [9.17, 15) is 0 Å². The van der Waals surface area contributed by atoms with Crippen molar-refractivity contribution in [2.75, 3.05) is 0 Å². The third-order valence-electron chi connectivity index (χ3n) is 5.79. The van der Waals surface area contributed by atoms with Gasteiger partial charge >= 0.3 is 0 Å². The molecule has 2 aromatic rings. The molecule has 0 saturated carbocycles. The molecule has 0 atom stereocenters. The Kier molecular flexibility index (Phi) is 6.14. The summed E-state index contributed by atoms with van der Waals surface area (Å²) in [6.45, 7) is 11.0. The fraction of sp³-hybridized carbons (Fsp3) is 0.480. The Morgan fingerprint density at radius 2 is 1.80 bits per heavy atom. The van der Waals surface area contributed by atoms with Gasteiger partial charge in [-0.05, 0) is 83.1 Å². The molecule has 1 aromatic heterocycles. The van der Waals surface area contributed by atoms with Crippen molar-refractivity contribution in [3.05, 3.63) is 53.9 Å². The van der Waals surface area contributed by atoms with Gasteiger partial charge in [0.05, 0.1) is 11.9 Å². The molecule has 3 rings (SSSR count). The van der Waals surface area contributed by atoms with Gasteiger partial charge in [0.1, 0.15) is 0 Å². The van der Waals surface area contributed by atoms with Crippen LogP contribution in [0.2, 0.25) is 0 Å². The van der Waals surface area contributed by atoms with E-state index in [1.807, 2.05) is 38.5 Å². The van der Waals surface area contributed by atoms with Crippen LogP contribution in [0.1, 0.15) is 58.1 Å². The third kappa shape index (κ3) is 5.54. The summed E-state index contributed by atoms with van der Waals surface area (Å²) in [5.74, 6) is 0.489. The number of hydrogen-bond donors (Lipinski definition) is 3. The monoisotopic (exact) mass is 405 g/mol. The normalized spacial score (nSPS) is 18.6. The number of allylic oxidation sites excluding steroid dienone is 2. The number of aromatic nitrogens is 2. The smallest absolute Gasteiger partial charge is 0.0615 e. The minimum atomic E-state index is 0.0935. The second-order valence-corrected chi connectivity index (χ2v) is 10.1. The first kappa shape index (κ1) is 22.2.